The van der Waals surface area contributed by atoms with E-state index in [2.05, 4.69) is 15.9 Å². The summed E-state index contributed by atoms with van der Waals surface area (Å²) in [5.41, 5.74) is 0. The van der Waals surface area contributed by atoms with E-state index in [4.69, 9.17) is 16.3 Å². The minimum Gasteiger partial charge on any atom is -0.489 e. The van der Waals surface area contributed by atoms with Gasteiger partial charge >= 0.3 is 0 Å². The van der Waals surface area contributed by atoms with Crippen molar-refractivity contribution in [1.82, 2.24) is 0 Å². The molecule has 0 heterocycles. The standard InChI is InChI=1S/C9H10BrClO/c1-7(6-11)12-9-4-2-8(10)3-5-9/h2-5,7H,6H2,1H3. The first-order valence-electron chi connectivity index (χ1n) is 3.70. The molecule has 12 heavy (non-hydrogen) atoms. The second-order valence-electron chi connectivity index (χ2n) is 2.54. The summed E-state index contributed by atoms with van der Waals surface area (Å²) >= 11 is 8.95. The molecule has 0 aliphatic carbocycles. The van der Waals surface area contributed by atoms with Crippen molar-refractivity contribution in [2.45, 2.75) is 13.0 Å². The molecule has 0 saturated heterocycles. The van der Waals surface area contributed by atoms with Crippen LogP contribution in [0.25, 0.3) is 0 Å². The number of ether oxygens (including phenoxy) is 1. The van der Waals surface area contributed by atoms with Crippen molar-refractivity contribution in [1.29, 1.82) is 0 Å². The summed E-state index contributed by atoms with van der Waals surface area (Å²) in [6.45, 7) is 1.94. The Morgan fingerprint density at radius 3 is 2.50 bits per heavy atom. The molecule has 0 aromatic heterocycles. The molecule has 3 heteroatoms. The lowest BCUT2D eigenvalue weighted by molar-refractivity contribution is 0.245. The van der Waals surface area contributed by atoms with Crippen molar-refractivity contribution < 1.29 is 4.74 Å². The van der Waals surface area contributed by atoms with Gasteiger partial charge in [0.05, 0.1) is 5.88 Å². The quantitative estimate of drug-likeness (QED) is 0.746. The first kappa shape index (κ1) is 9.87. The lowest BCUT2D eigenvalue weighted by Crippen LogP contribution is -2.12. The molecule has 1 unspecified atom stereocenters. The zero-order valence-electron chi connectivity index (χ0n) is 6.76. The molecule has 0 spiro atoms. The van der Waals surface area contributed by atoms with Gasteiger partial charge in [-0.15, -0.1) is 11.6 Å². The molecule has 0 aliphatic rings. The monoisotopic (exact) mass is 248 g/mol. The maximum atomic E-state index is 5.60. The van der Waals surface area contributed by atoms with Crippen molar-refractivity contribution in [2.75, 3.05) is 5.88 Å². The van der Waals surface area contributed by atoms with Crippen LogP contribution < -0.4 is 4.74 Å². The van der Waals surface area contributed by atoms with Crippen LogP contribution in [0.4, 0.5) is 0 Å². The summed E-state index contributed by atoms with van der Waals surface area (Å²) in [6, 6.07) is 7.70. The lowest BCUT2D eigenvalue weighted by Gasteiger charge is -2.10. The number of benzene rings is 1. The summed E-state index contributed by atoms with van der Waals surface area (Å²) in [7, 11) is 0. The Morgan fingerprint density at radius 1 is 1.42 bits per heavy atom. The van der Waals surface area contributed by atoms with E-state index in [-0.39, 0.29) is 6.10 Å². The van der Waals surface area contributed by atoms with Gasteiger partial charge in [0.1, 0.15) is 11.9 Å². The molecule has 0 aliphatic heterocycles. The van der Waals surface area contributed by atoms with Crippen molar-refractivity contribution >= 4 is 27.5 Å². The summed E-state index contributed by atoms with van der Waals surface area (Å²) in [5.74, 6) is 1.36. The first-order chi connectivity index (χ1) is 5.72. The fourth-order valence-corrected chi connectivity index (χ4v) is 1.10. The molecule has 1 aromatic carbocycles. The summed E-state index contributed by atoms with van der Waals surface area (Å²) < 4.78 is 6.52. The first-order valence-corrected chi connectivity index (χ1v) is 5.03. The van der Waals surface area contributed by atoms with Crippen LogP contribution in [-0.4, -0.2) is 12.0 Å². The van der Waals surface area contributed by atoms with E-state index in [1.54, 1.807) is 0 Å². The van der Waals surface area contributed by atoms with Gasteiger partial charge in [-0.1, -0.05) is 15.9 Å². The highest BCUT2D eigenvalue weighted by Gasteiger charge is 2.00. The number of alkyl halides is 1. The molecule has 1 rings (SSSR count). The van der Waals surface area contributed by atoms with E-state index in [1.165, 1.54) is 0 Å². The van der Waals surface area contributed by atoms with Crippen LogP contribution in [0.15, 0.2) is 28.7 Å². The Labute approximate surface area is 85.8 Å². The van der Waals surface area contributed by atoms with E-state index in [0.717, 1.165) is 10.2 Å². The molecule has 1 nitrogen and oxygen atoms in total. The van der Waals surface area contributed by atoms with Gasteiger partial charge in [-0.25, -0.2) is 0 Å². The van der Waals surface area contributed by atoms with E-state index < -0.39 is 0 Å². The third-order valence-corrected chi connectivity index (χ3v) is 2.33. The largest absolute Gasteiger partial charge is 0.489 e. The molecule has 0 amide bonds. The minimum atomic E-state index is 0.0628. The summed E-state index contributed by atoms with van der Waals surface area (Å²) in [6.07, 6.45) is 0.0628. The SMILES string of the molecule is CC(CCl)Oc1ccc(Br)cc1. The molecular weight excluding hydrogens is 239 g/mol. The molecule has 0 bridgehead atoms. The van der Waals surface area contributed by atoms with Crippen molar-refractivity contribution in [3.05, 3.63) is 28.7 Å². The van der Waals surface area contributed by atoms with Crippen LogP contribution in [-0.2, 0) is 0 Å². The van der Waals surface area contributed by atoms with Gasteiger partial charge in [0.25, 0.3) is 0 Å². The molecule has 0 N–H and O–H groups in total. The average molecular weight is 250 g/mol. The maximum absolute atomic E-state index is 5.60. The Balaban J connectivity index is 2.58. The number of rotatable bonds is 3. The Kier molecular flexibility index (Phi) is 3.89. The predicted molar refractivity (Wildman–Crippen MR) is 55.0 cm³/mol. The third kappa shape index (κ3) is 3.03. The van der Waals surface area contributed by atoms with Gasteiger partial charge in [-0.3, -0.25) is 0 Å². The number of hydrogen-bond donors (Lipinski definition) is 0. The maximum Gasteiger partial charge on any atom is 0.119 e. The van der Waals surface area contributed by atoms with Crippen LogP contribution in [0.3, 0.4) is 0 Å². The highest BCUT2D eigenvalue weighted by molar-refractivity contribution is 9.10. The Bertz CT molecular complexity index is 235. The smallest absolute Gasteiger partial charge is 0.119 e. The summed E-state index contributed by atoms with van der Waals surface area (Å²) in [5, 5.41) is 0. The average Bonchev–Trinajstić information content (AvgIpc) is 2.09. The predicted octanol–water partition coefficient (Wildman–Crippen LogP) is 3.46. The van der Waals surface area contributed by atoms with Crippen LogP contribution in [0.2, 0.25) is 0 Å². The second kappa shape index (κ2) is 4.73. The minimum absolute atomic E-state index is 0.0628. The molecule has 1 aromatic rings. The van der Waals surface area contributed by atoms with Crippen molar-refractivity contribution in [3.8, 4) is 5.75 Å². The molecule has 0 fully saturated rings. The topological polar surface area (TPSA) is 9.23 Å². The zero-order valence-corrected chi connectivity index (χ0v) is 9.10. The fraction of sp³-hybridized carbons (Fsp3) is 0.333. The normalized spacial score (nSPS) is 12.6. The highest BCUT2D eigenvalue weighted by atomic mass is 79.9. The third-order valence-electron chi connectivity index (χ3n) is 1.37. The molecular formula is C9H10BrClO. The Morgan fingerprint density at radius 2 is 2.00 bits per heavy atom. The molecule has 1 atom stereocenters. The second-order valence-corrected chi connectivity index (χ2v) is 3.76. The summed E-state index contributed by atoms with van der Waals surface area (Å²) in [4.78, 5) is 0. The van der Waals surface area contributed by atoms with Crippen LogP contribution in [0.5, 0.6) is 5.75 Å². The fourth-order valence-electron chi connectivity index (χ4n) is 0.777. The van der Waals surface area contributed by atoms with E-state index in [9.17, 15) is 0 Å². The van der Waals surface area contributed by atoms with Gasteiger partial charge in [0, 0.05) is 4.47 Å². The van der Waals surface area contributed by atoms with Gasteiger partial charge in [0.15, 0.2) is 0 Å². The zero-order chi connectivity index (χ0) is 8.97. The van der Waals surface area contributed by atoms with E-state index in [1.807, 2.05) is 31.2 Å². The van der Waals surface area contributed by atoms with Gasteiger partial charge in [-0.05, 0) is 31.2 Å². The molecule has 0 radical (unpaired) electrons. The van der Waals surface area contributed by atoms with Gasteiger partial charge in [-0.2, -0.15) is 0 Å². The van der Waals surface area contributed by atoms with Gasteiger partial charge in [0.2, 0.25) is 0 Å². The van der Waals surface area contributed by atoms with Crippen LogP contribution in [0, 0.1) is 0 Å². The molecule has 0 saturated carbocycles. The van der Waals surface area contributed by atoms with Crippen molar-refractivity contribution in [3.63, 3.8) is 0 Å². The molecule has 66 valence electrons. The van der Waals surface area contributed by atoms with E-state index >= 15 is 0 Å². The number of halogens is 2. The lowest BCUT2D eigenvalue weighted by atomic mass is 10.3. The highest BCUT2D eigenvalue weighted by Crippen LogP contribution is 2.17. The van der Waals surface area contributed by atoms with Crippen molar-refractivity contribution in [2.24, 2.45) is 0 Å². The Hall–Kier alpha value is -0.210. The van der Waals surface area contributed by atoms with Crippen LogP contribution in [0.1, 0.15) is 6.92 Å². The number of hydrogen-bond acceptors (Lipinski definition) is 1. The van der Waals surface area contributed by atoms with Gasteiger partial charge < -0.3 is 4.74 Å². The van der Waals surface area contributed by atoms with E-state index in [0.29, 0.717) is 5.88 Å². The van der Waals surface area contributed by atoms with Crippen LogP contribution >= 0.6 is 27.5 Å².